The summed E-state index contributed by atoms with van der Waals surface area (Å²) in [7, 11) is 1.64. The maximum absolute atomic E-state index is 13.4. The van der Waals surface area contributed by atoms with Gasteiger partial charge in [-0.15, -0.1) is 0 Å². The number of hydrogen-bond donors (Lipinski definition) is 2. The number of rotatable bonds is 3. The molecule has 1 heterocycles. The average Bonchev–Trinajstić information content (AvgIpc) is 2.14. The van der Waals surface area contributed by atoms with Crippen LogP contribution in [0.4, 0.5) is 4.39 Å². The Morgan fingerprint density at radius 3 is 2.73 bits per heavy atom. The highest BCUT2D eigenvalue weighted by atomic mass is 19.1. The third-order valence-corrected chi connectivity index (χ3v) is 2.88. The van der Waals surface area contributed by atoms with Crippen molar-refractivity contribution in [3.8, 4) is 5.75 Å². The molecule has 1 saturated heterocycles. The van der Waals surface area contributed by atoms with Gasteiger partial charge in [-0.3, -0.25) is 0 Å². The van der Waals surface area contributed by atoms with Crippen molar-refractivity contribution in [3.05, 3.63) is 29.6 Å². The first-order valence-electron chi connectivity index (χ1n) is 4.88. The monoisotopic (exact) mass is 211 g/mol. The molecular weight excluding hydrogens is 197 g/mol. The third kappa shape index (κ3) is 1.96. The van der Waals surface area contributed by atoms with Gasteiger partial charge in [0, 0.05) is 32.7 Å². The van der Waals surface area contributed by atoms with Crippen molar-refractivity contribution >= 4 is 0 Å². The Kier molecular flexibility index (Phi) is 2.63. The molecule has 1 fully saturated rings. The summed E-state index contributed by atoms with van der Waals surface area (Å²) in [5.74, 6) is -0.423. The molecule has 15 heavy (non-hydrogen) atoms. The van der Waals surface area contributed by atoms with E-state index in [-0.39, 0.29) is 17.2 Å². The molecule has 2 N–H and O–H groups in total. The number of nitrogens with one attached hydrogen (secondary N) is 1. The predicted octanol–water partition coefficient (Wildman–Crippen LogP) is 1.06. The fraction of sp³-hybridized carbons (Fsp3) is 0.455. The molecule has 0 aromatic heterocycles. The number of methoxy groups -OCH3 is 1. The summed E-state index contributed by atoms with van der Waals surface area (Å²) in [5.41, 5.74) is 0.300. The Bertz CT molecular complexity index is 358. The van der Waals surface area contributed by atoms with E-state index in [2.05, 4.69) is 5.32 Å². The smallest absolute Gasteiger partial charge is 0.130 e. The lowest BCUT2D eigenvalue weighted by Gasteiger charge is -2.41. The fourth-order valence-electron chi connectivity index (χ4n) is 1.77. The number of aromatic hydroxyl groups is 1. The Labute approximate surface area is 87.9 Å². The van der Waals surface area contributed by atoms with E-state index >= 15 is 0 Å². The largest absolute Gasteiger partial charge is 0.508 e. The van der Waals surface area contributed by atoms with Crippen LogP contribution in [0.15, 0.2) is 18.2 Å². The average molecular weight is 211 g/mol. The van der Waals surface area contributed by atoms with Crippen molar-refractivity contribution < 1.29 is 14.2 Å². The molecule has 0 aliphatic carbocycles. The number of ether oxygens (including phenoxy) is 1. The van der Waals surface area contributed by atoms with Gasteiger partial charge in [-0.1, -0.05) is 6.07 Å². The lowest BCUT2D eigenvalue weighted by molar-refractivity contribution is -0.0507. The van der Waals surface area contributed by atoms with Crippen LogP contribution in [0.5, 0.6) is 5.75 Å². The minimum Gasteiger partial charge on any atom is -0.508 e. The lowest BCUT2D eigenvalue weighted by atomic mass is 9.88. The van der Waals surface area contributed by atoms with Crippen molar-refractivity contribution in [3.63, 3.8) is 0 Å². The van der Waals surface area contributed by atoms with Crippen molar-refractivity contribution in [2.75, 3.05) is 20.2 Å². The molecule has 0 bridgehead atoms. The molecule has 0 spiro atoms. The van der Waals surface area contributed by atoms with Crippen LogP contribution < -0.4 is 5.32 Å². The van der Waals surface area contributed by atoms with E-state index in [0.717, 1.165) is 19.2 Å². The molecule has 1 aromatic rings. The highest BCUT2D eigenvalue weighted by molar-refractivity contribution is 5.29. The zero-order valence-corrected chi connectivity index (χ0v) is 8.59. The van der Waals surface area contributed by atoms with E-state index < -0.39 is 0 Å². The van der Waals surface area contributed by atoms with Gasteiger partial charge in [0.15, 0.2) is 0 Å². The van der Waals surface area contributed by atoms with Crippen molar-refractivity contribution in [2.24, 2.45) is 0 Å². The van der Waals surface area contributed by atoms with E-state index in [4.69, 9.17) is 9.84 Å². The van der Waals surface area contributed by atoms with Gasteiger partial charge in [-0.05, 0) is 11.6 Å². The minimum atomic E-state index is -0.377. The molecule has 0 radical (unpaired) electrons. The second-order valence-corrected chi connectivity index (χ2v) is 3.94. The van der Waals surface area contributed by atoms with E-state index in [1.165, 1.54) is 6.07 Å². The Balaban J connectivity index is 2.16. The van der Waals surface area contributed by atoms with Gasteiger partial charge in [-0.25, -0.2) is 4.39 Å². The zero-order chi connectivity index (χ0) is 10.9. The van der Waals surface area contributed by atoms with Crippen LogP contribution in [-0.2, 0) is 11.2 Å². The van der Waals surface area contributed by atoms with Crippen molar-refractivity contribution in [2.45, 2.75) is 12.0 Å². The Hall–Kier alpha value is -1.13. The quantitative estimate of drug-likeness (QED) is 0.785. The highest BCUT2D eigenvalue weighted by Gasteiger charge is 2.37. The molecular formula is C11H14FNO2. The molecule has 1 aromatic carbocycles. The standard InChI is InChI=1S/C11H14FNO2/c1-15-11(6-13-7-11)5-8-2-3-9(14)4-10(8)12/h2-4,13-14H,5-7H2,1H3. The molecule has 1 aliphatic heterocycles. The maximum Gasteiger partial charge on any atom is 0.130 e. The summed E-state index contributed by atoms with van der Waals surface area (Å²) in [6.45, 7) is 1.48. The van der Waals surface area contributed by atoms with Crippen LogP contribution in [-0.4, -0.2) is 30.9 Å². The van der Waals surface area contributed by atoms with Gasteiger partial charge >= 0.3 is 0 Å². The van der Waals surface area contributed by atoms with Gasteiger partial charge in [-0.2, -0.15) is 0 Å². The van der Waals surface area contributed by atoms with E-state index in [9.17, 15) is 4.39 Å². The predicted molar refractivity (Wildman–Crippen MR) is 54.4 cm³/mol. The van der Waals surface area contributed by atoms with Crippen LogP contribution in [0.3, 0.4) is 0 Å². The second-order valence-electron chi connectivity index (χ2n) is 3.94. The first-order valence-corrected chi connectivity index (χ1v) is 4.88. The van der Waals surface area contributed by atoms with Crippen LogP contribution in [0.1, 0.15) is 5.56 Å². The van der Waals surface area contributed by atoms with Crippen LogP contribution in [0.25, 0.3) is 0 Å². The fourth-order valence-corrected chi connectivity index (χ4v) is 1.77. The Morgan fingerprint density at radius 2 is 2.27 bits per heavy atom. The summed E-state index contributed by atoms with van der Waals surface area (Å²) in [5, 5.41) is 12.2. The molecule has 0 amide bonds. The summed E-state index contributed by atoms with van der Waals surface area (Å²) < 4.78 is 18.8. The topological polar surface area (TPSA) is 41.5 Å². The van der Waals surface area contributed by atoms with Gasteiger partial charge in [0.25, 0.3) is 0 Å². The molecule has 1 aliphatic rings. The Morgan fingerprint density at radius 1 is 1.53 bits per heavy atom. The van der Waals surface area contributed by atoms with Crippen LogP contribution in [0.2, 0.25) is 0 Å². The molecule has 0 unspecified atom stereocenters. The molecule has 2 rings (SSSR count). The molecule has 4 heteroatoms. The van der Waals surface area contributed by atoms with E-state index in [0.29, 0.717) is 12.0 Å². The summed E-state index contributed by atoms with van der Waals surface area (Å²) in [4.78, 5) is 0. The van der Waals surface area contributed by atoms with E-state index in [1.807, 2.05) is 0 Å². The number of benzene rings is 1. The summed E-state index contributed by atoms with van der Waals surface area (Å²) in [6.07, 6.45) is 0.530. The third-order valence-electron chi connectivity index (χ3n) is 2.88. The van der Waals surface area contributed by atoms with Crippen LogP contribution in [0, 0.1) is 5.82 Å². The maximum atomic E-state index is 13.4. The van der Waals surface area contributed by atoms with Gasteiger partial charge in [0.2, 0.25) is 0 Å². The minimum absolute atomic E-state index is 0.0468. The molecule has 82 valence electrons. The molecule has 0 atom stereocenters. The first-order chi connectivity index (χ1) is 7.15. The SMILES string of the molecule is COC1(Cc2ccc(O)cc2F)CNC1. The number of hydrogen-bond acceptors (Lipinski definition) is 3. The first kappa shape index (κ1) is 10.4. The van der Waals surface area contributed by atoms with Crippen LogP contribution >= 0.6 is 0 Å². The van der Waals surface area contributed by atoms with E-state index in [1.54, 1.807) is 13.2 Å². The number of phenols is 1. The normalized spacial score (nSPS) is 18.5. The lowest BCUT2D eigenvalue weighted by Crippen LogP contribution is -2.61. The summed E-state index contributed by atoms with van der Waals surface area (Å²) in [6, 6.07) is 4.22. The van der Waals surface area contributed by atoms with Gasteiger partial charge in [0.1, 0.15) is 11.6 Å². The van der Waals surface area contributed by atoms with Gasteiger partial charge in [0.05, 0.1) is 5.60 Å². The zero-order valence-electron chi connectivity index (χ0n) is 8.59. The number of phenolic OH excluding ortho intramolecular Hbond substituents is 1. The molecule has 3 nitrogen and oxygen atoms in total. The highest BCUT2D eigenvalue weighted by Crippen LogP contribution is 2.24. The van der Waals surface area contributed by atoms with Gasteiger partial charge < -0.3 is 15.2 Å². The second kappa shape index (κ2) is 3.79. The number of halogens is 1. The summed E-state index contributed by atoms with van der Waals surface area (Å²) >= 11 is 0. The van der Waals surface area contributed by atoms with Crippen molar-refractivity contribution in [1.29, 1.82) is 0 Å². The molecule has 0 saturated carbocycles. The van der Waals surface area contributed by atoms with Crippen molar-refractivity contribution in [1.82, 2.24) is 5.32 Å².